The average Bonchev–Trinajstić information content (AvgIpc) is 2.69. The van der Waals surface area contributed by atoms with Gasteiger partial charge in [0.25, 0.3) is 0 Å². The number of ether oxygens (including phenoxy) is 1. The highest BCUT2D eigenvalue weighted by Crippen LogP contribution is 2.25. The SMILES string of the molecule is Cc1nc(C2CCOC2)ncc1C(C)Cl. The maximum Gasteiger partial charge on any atom is 0.134 e. The van der Waals surface area contributed by atoms with E-state index in [2.05, 4.69) is 9.97 Å². The smallest absolute Gasteiger partial charge is 0.134 e. The van der Waals surface area contributed by atoms with Crippen LogP contribution >= 0.6 is 11.6 Å². The second kappa shape index (κ2) is 4.45. The van der Waals surface area contributed by atoms with Gasteiger partial charge in [-0.3, -0.25) is 0 Å². The van der Waals surface area contributed by atoms with E-state index in [9.17, 15) is 0 Å². The van der Waals surface area contributed by atoms with Crippen molar-refractivity contribution in [3.63, 3.8) is 0 Å². The summed E-state index contributed by atoms with van der Waals surface area (Å²) >= 11 is 6.02. The highest BCUT2D eigenvalue weighted by molar-refractivity contribution is 6.20. The van der Waals surface area contributed by atoms with Crippen LogP contribution in [0.5, 0.6) is 0 Å². The Morgan fingerprint density at radius 3 is 2.93 bits per heavy atom. The standard InChI is InChI=1S/C11H15ClN2O/c1-7(12)10-5-13-11(14-8(10)2)9-3-4-15-6-9/h5,7,9H,3-4,6H2,1-2H3. The Kier molecular flexibility index (Phi) is 3.22. The average molecular weight is 227 g/mol. The molecule has 0 aliphatic carbocycles. The summed E-state index contributed by atoms with van der Waals surface area (Å²) in [5.41, 5.74) is 1.99. The summed E-state index contributed by atoms with van der Waals surface area (Å²) in [6.45, 7) is 5.48. The maximum atomic E-state index is 6.02. The van der Waals surface area contributed by atoms with E-state index in [4.69, 9.17) is 16.3 Å². The molecule has 0 amide bonds. The molecule has 0 aromatic carbocycles. The van der Waals surface area contributed by atoms with Crippen molar-refractivity contribution in [1.29, 1.82) is 0 Å². The summed E-state index contributed by atoms with van der Waals surface area (Å²) in [5, 5.41) is -0.0288. The lowest BCUT2D eigenvalue weighted by molar-refractivity contribution is 0.193. The van der Waals surface area contributed by atoms with Crippen molar-refractivity contribution < 1.29 is 4.74 Å². The zero-order chi connectivity index (χ0) is 10.8. The van der Waals surface area contributed by atoms with Gasteiger partial charge in [-0.05, 0) is 20.3 Å². The monoisotopic (exact) mass is 226 g/mol. The first-order chi connectivity index (χ1) is 7.18. The zero-order valence-electron chi connectivity index (χ0n) is 9.03. The summed E-state index contributed by atoms with van der Waals surface area (Å²) in [6, 6.07) is 0. The van der Waals surface area contributed by atoms with Crippen LogP contribution < -0.4 is 0 Å². The molecule has 0 N–H and O–H groups in total. The molecule has 1 fully saturated rings. The first-order valence-corrected chi connectivity index (χ1v) is 5.67. The fourth-order valence-electron chi connectivity index (χ4n) is 1.82. The van der Waals surface area contributed by atoms with Crippen molar-refractivity contribution in [1.82, 2.24) is 9.97 Å². The van der Waals surface area contributed by atoms with Crippen LogP contribution in [0, 0.1) is 6.92 Å². The fourth-order valence-corrected chi connectivity index (χ4v) is 2.03. The third kappa shape index (κ3) is 2.29. The third-order valence-corrected chi connectivity index (χ3v) is 2.99. The summed E-state index contributed by atoms with van der Waals surface area (Å²) in [5.74, 6) is 1.26. The Labute approximate surface area is 94.8 Å². The topological polar surface area (TPSA) is 35.0 Å². The number of aromatic nitrogens is 2. The second-order valence-electron chi connectivity index (χ2n) is 3.95. The van der Waals surface area contributed by atoms with Gasteiger partial charge >= 0.3 is 0 Å². The molecule has 2 atom stereocenters. The van der Waals surface area contributed by atoms with Gasteiger partial charge in [0.1, 0.15) is 5.82 Å². The lowest BCUT2D eigenvalue weighted by atomic mass is 10.1. The first-order valence-electron chi connectivity index (χ1n) is 5.23. The first kappa shape index (κ1) is 10.8. The highest BCUT2D eigenvalue weighted by Gasteiger charge is 2.21. The van der Waals surface area contributed by atoms with Crippen LogP contribution in [-0.4, -0.2) is 23.2 Å². The van der Waals surface area contributed by atoms with Gasteiger partial charge in [-0.15, -0.1) is 11.6 Å². The quantitative estimate of drug-likeness (QED) is 0.728. The molecule has 3 nitrogen and oxygen atoms in total. The molecule has 15 heavy (non-hydrogen) atoms. The van der Waals surface area contributed by atoms with Crippen LogP contribution in [0.4, 0.5) is 0 Å². The molecular weight excluding hydrogens is 212 g/mol. The Morgan fingerprint density at radius 2 is 2.40 bits per heavy atom. The molecule has 1 aromatic heterocycles. The van der Waals surface area contributed by atoms with Gasteiger partial charge in [0.15, 0.2) is 0 Å². The van der Waals surface area contributed by atoms with E-state index in [0.29, 0.717) is 5.92 Å². The largest absolute Gasteiger partial charge is 0.381 e. The van der Waals surface area contributed by atoms with Crippen LogP contribution in [0.1, 0.15) is 41.7 Å². The van der Waals surface area contributed by atoms with Gasteiger partial charge in [-0.25, -0.2) is 9.97 Å². The number of aryl methyl sites for hydroxylation is 1. The van der Waals surface area contributed by atoms with Gasteiger partial charge in [0, 0.05) is 30.0 Å². The minimum Gasteiger partial charge on any atom is -0.381 e. The van der Waals surface area contributed by atoms with Gasteiger partial charge in [-0.2, -0.15) is 0 Å². The number of hydrogen-bond donors (Lipinski definition) is 0. The van der Waals surface area contributed by atoms with Crippen LogP contribution in [0.2, 0.25) is 0 Å². The summed E-state index contributed by atoms with van der Waals surface area (Å²) < 4.78 is 5.32. The molecule has 1 saturated heterocycles. The normalized spacial score (nSPS) is 23.0. The Hall–Kier alpha value is -0.670. The number of alkyl halides is 1. The molecule has 82 valence electrons. The van der Waals surface area contributed by atoms with Crippen LogP contribution in [0.3, 0.4) is 0 Å². The van der Waals surface area contributed by atoms with Gasteiger partial charge in [-0.1, -0.05) is 0 Å². The fraction of sp³-hybridized carbons (Fsp3) is 0.636. The van der Waals surface area contributed by atoms with E-state index in [-0.39, 0.29) is 5.38 Å². The minimum atomic E-state index is -0.0288. The molecule has 1 aliphatic rings. The summed E-state index contributed by atoms with van der Waals surface area (Å²) in [6.07, 6.45) is 2.86. The third-order valence-electron chi connectivity index (χ3n) is 2.76. The number of hydrogen-bond acceptors (Lipinski definition) is 3. The van der Waals surface area contributed by atoms with Crippen molar-refractivity contribution in [2.45, 2.75) is 31.6 Å². The van der Waals surface area contributed by atoms with E-state index < -0.39 is 0 Å². The minimum absolute atomic E-state index is 0.0288. The summed E-state index contributed by atoms with van der Waals surface area (Å²) in [4.78, 5) is 8.87. The molecule has 0 bridgehead atoms. The molecule has 2 unspecified atom stereocenters. The molecule has 1 aromatic rings. The van der Waals surface area contributed by atoms with Crippen molar-refractivity contribution in [3.8, 4) is 0 Å². The van der Waals surface area contributed by atoms with Crippen LogP contribution in [0.25, 0.3) is 0 Å². The van der Waals surface area contributed by atoms with Gasteiger partial charge in [0.2, 0.25) is 0 Å². The van der Waals surface area contributed by atoms with E-state index in [1.54, 1.807) is 0 Å². The van der Waals surface area contributed by atoms with Crippen LogP contribution in [0.15, 0.2) is 6.20 Å². The maximum absolute atomic E-state index is 6.02. The predicted octanol–water partition coefficient (Wildman–Crippen LogP) is 2.59. The van der Waals surface area contributed by atoms with Crippen molar-refractivity contribution in [2.24, 2.45) is 0 Å². The van der Waals surface area contributed by atoms with E-state index >= 15 is 0 Å². The molecular formula is C11H15ClN2O. The highest BCUT2D eigenvalue weighted by atomic mass is 35.5. The Balaban J connectivity index is 2.24. The molecule has 0 spiro atoms. The van der Waals surface area contributed by atoms with Crippen molar-refractivity contribution in [3.05, 3.63) is 23.3 Å². The molecule has 4 heteroatoms. The second-order valence-corrected chi connectivity index (χ2v) is 4.60. The molecule has 1 aliphatic heterocycles. The molecule has 2 rings (SSSR count). The molecule has 2 heterocycles. The van der Waals surface area contributed by atoms with E-state index in [1.807, 2.05) is 20.0 Å². The van der Waals surface area contributed by atoms with Gasteiger partial charge in [0.05, 0.1) is 12.0 Å². The Morgan fingerprint density at radius 1 is 1.60 bits per heavy atom. The molecule has 0 radical (unpaired) electrons. The predicted molar refractivity (Wildman–Crippen MR) is 59.2 cm³/mol. The number of rotatable bonds is 2. The van der Waals surface area contributed by atoms with Crippen molar-refractivity contribution >= 4 is 11.6 Å². The zero-order valence-corrected chi connectivity index (χ0v) is 9.79. The van der Waals surface area contributed by atoms with E-state index in [0.717, 1.165) is 36.7 Å². The lowest BCUT2D eigenvalue weighted by Gasteiger charge is -2.11. The van der Waals surface area contributed by atoms with Crippen molar-refractivity contribution in [2.75, 3.05) is 13.2 Å². The summed E-state index contributed by atoms with van der Waals surface area (Å²) in [7, 11) is 0. The lowest BCUT2D eigenvalue weighted by Crippen LogP contribution is -2.07. The number of nitrogens with zero attached hydrogens (tertiary/aromatic N) is 2. The number of halogens is 1. The van der Waals surface area contributed by atoms with E-state index in [1.165, 1.54) is 0 Å². The molecule has 0 saturated carbocycles. The van der Waals surface area contributed by atoms with Crippen LogP contribution in [-0.2, 0) is 4.74 Å². The Bertz CT molecular complexity index is 348. The van der Waals surface area contributed by atoms with Gasteiger partial charge < -0.3 is 4.74 Å².